The molecule has 4 aromatic rings. The van der Waals surface area contributed by atoms with E-state index in [0.29, 0.717) is 23.4 Å². The van der Waals surface area contributed by atoms with Gasteiger partial charge in [-0.25, -0.2) is 4.98 Å². The van der Waals surface area contributed by atoms with E-state index in [1.165, 1.54) is 25.0 Å². The van der Waals surface area contributed by atoms with Crippen LogP contribution in [0, 0.1) is 0 Å². The van der Waals surface area contributed by atoms with Gasteiger partial charge in [0.05, 0.1) is 5.56 Å². The molecule has 0 unspecified atom stereocenters. The number of H-pyrrole nitrogens is 1. The highest BCUT2D eigenvalue weighted by atomic mass is 19.4. The molecule has 0 bridgehead atoms. The maximum absolute atomic E-state index is 13.0. The monoisotopic (exact) mass is 562 g/mol. The molecule has 1 saturated heterocycles. The number of alkyl halides is 3. The van der Waals surface area contributed by atoms with Crippen molar-refractivity contribution >= 4 is 29.2 Å². The molecule has 0 radical (unpaired) electrons. The largest absolute Gasteiger partial charge is 0.416 e. The third-order valence-corrected chi connectivity index (χ3v) is 7.24. The van der Waals surface area contributed by atoms with Crippen LogP contribution in [-0.2, 0) is 12.7 Å². The predicted molar refractivity (Wildman–Crippen MR) is 149 cm³/mol. The predicted octanol–water partition coefficient (Wildman–Crippen LogP) is 5.41. The Morgan fingerprint density at radius 1 is 0.976 bits per heavy atom. The molecule has 1 aliphatic carbocycles. The Morgan fingerprint density at radius 2 is 1.76 bits per heavy atom. The minimum atomic E-state index is -4.50. The highest BCUT2D eigenvalue weighted by Gasteiger charge is 2.31. The summed E-state index contributed by atoms with van der Waals surface area (Å²) >= 11 is 0. The molecule has 3 heterocycles. The Morgan fingerprint density at radius 3 is 2.49 bits per heavy atom. The van der Waals surface area contributed by atoms with Gasteiger partial charge in [-0.1, -0.05) is 18.2 Å². The van der Waals surface area contributed by atoms with E-state index >= 15 is 0 Å². The van der Waals surface area contributed by atoms with Gasteiger partial charge in [0.15, 0.2) is 5.82 Å². The van der Waals surface area contributed by atoms with Gasteiger partial charge in [-0.3, -0.25) is 14.8 Å². The van der Waals surface area contributed by atoms with Crippen molar-refractivity contribution in [2.75, 3.05) is 41.7 Å². The van der Waals surface area contributed by atoms with E-state index in [1.807, 2.05) is 24.3 Å². The van der Waals surface area contributed by atoms with Crippen molar-refractivity contribution in [3.8, 4) is 0 Å². The fraction of sp³-hybridized carbons (Fsp3) is 0.310. The molecule has 1 aliphatic heterocycles. The number of aromatic nitrogens is 4. The summed E-state index contributed by atoms with van der Waals surface area (Å²) in [6.45, 7) is 3.96. The first-order valence-corrected chi connectivity index (χ1v) is 13.5. The van der Waals surface area contributed by atoms with Crippen molar-refractivity contribution in [2.24, 2.45) is 0 Å². The van der Waals surface area contributed by atoms with Gasteiger partial charge < -0.3 is 15.5 Å². The number of piperazine rings is 1. The van der Waals surface area contributed by atoms with Gasteiger partial charge in [-0.05, 0) is 54.8 Å². The number of nitrogens with one attached hydrogen (secondary N) is 3. The number of carbonyl (C=O) groups is 1. The van der Waals surface area contributed by atoms with Gasteiger partial charge in [0.25, 0.3) is 5.91 Å². The molecule has 41 heavy (non-hydrogen) atoms. The van der Waals surface area contributed by atoms with E-state index in [1.54, 1.807) is 18.3 Å². The molecule has 9 nitrogen and oxygen atoms in total. The molecule has 3 N–H and O–H groups in total. The lowest BCUT2D eigenvalue weighted by Gasteiger charge is -2.34. The van der Waals surface area contributed by atoms with Crippen LogP contribution < -0.4 is 15.5 Å². The summed E-state index contributed by atoms with van der Waals surface area (Å²) in [5.74, 6) is 2.14. The maximum Gasteiger partial charge on any atom is 0.416 e. The third kappa shape index (κ3) is 6.65. The van der Waals surface area contributed by atoms with Gasteiger partial charge in [-0.2, -0.15) is 23.3 Å². The van der Waals surface area contributed by atoms with Gasteiger partial charge in [0.2, 0.25) is 5.95 Å². The van der Waals surface area contributed by atoms with E-state index in [0.717, 1.165) is 61.9 Å². The lowest BCUT2D eigenvalue weighted by Crippen LogP contribution is -2.46. The summed E-state index contributed by atoms with van der Waals surface area (Å²) in [5.41, 5.74) is 1.85. The summed E-state index contributed by atoms with van der Waals surface area (Å²) in [4.78, 5) is 26.1. The summed E-state index contributed by atoms with van der Waals surface area (Å²) in [7, 11) is 0. The number of nitrogens with zero attached hydrogens (tertiary/aromatic N) is 5. The highest BCUT2D eigenvalue weighted by molar-refractivity contribution is 6.04. The number of hydrogen-bond donors (Lipinski definition) is 3. The van der Waals surface area contributed by atoms with Crippen LogP contribution >= 0.6 is 0 Å². The minimum Gasteiger partial charge on any atom is -0.338 e. The number of benzene rings is 2. The molecule has 12 heteroatoms. The lowest BCUT2D eigenvalue weighted by atomic mass is 10.1. The van der Waals surface area contributed by atoms with Gasteiger partial charge in [0, 0.05) is 67.8 Å². The Balaban J connectivity index is 0.993. The van der Waals surface area contributed by atoms with Crippen LogP contribution in [0.4, 0.5) is 36.4 Å². The normalized spacial score (nSPS) is 16.0. The number of anilines is 4. The summed E-state index contributed by atoms with van der Waals surface area (Å²) in [6, 6.07) is 15.6. The molecule has 1 amide bonds. The van der Waals surface area contributed by atoms with Crippen molar-refractivity contribution in [1.29, 1.82) is 0 Å². The highest BCUT2D eigenvalue weighted by Crippen LogP contribution is 2.39. The molecular weight excluding hydrogens is 533 g/mol. The first-order valence-electron chi connectivity index (χ1n) is 13.5. The number of aromatic amines is 1. The molecular formula is C29H29F3N8O. The molecule has 2 fully saturated rings. The van der Waals surface area contributed by atoms with E-state index in [4.69, 9.17) is 0 Å². The molecule has 1 saturated carbocycles. The standard InChI is InChI=1S/C29H29F3N8O/c30-29(31,32)22-3-1-2-21(16-22)27(41)34-23-8-4-19(5-9-23)18-39-12-14-40(15-13-39)28-33-11-10-25(36-28)35-26-17-24(37-38-26)20-6-7-20/h1-5,8-11,16-17,20H,6-7,12-15,18H2,(H,34,41)(H2,33,35,36,37,38). The summed E-state index contributed by atoms with van der Waals surface area (Å²) < 4.78 is 38.9. The maximum atomic E-state index is 13.0. The van der Waals surface area contributed by atoms with Crippen LogP contribution in [0.25, 0.3) is 0 Å². The zero-order valence-electron chi connectivity index (χ0n) is 22.2. The van der Waals surface area contributed by atoms with E-state index < -0.39 is 17.6 Å². The summed E-state index contributed by atoms with van der Waals surface area (Å²) in [5, 5.41) is 13.4. The van der Waals surface area contributed by atoms with Crippen LogP contribution in [0.3, 0.4) is 0 Å². The van der Waals surface area contributed by atoms with Crippen molar-refractivity contribution in [1.82, 2.24) is 25.1 Å². The van der Waals surface area contributed by atoms with Crippen LogP contribution in [0.15, 0.2) is 66.9 Å². The van der Waals surface area contributed by atoms with E-state index in [-0.39, 0.29) is 5.56 Å². The molecule has 2 aliphatic rings. The van der Waals surface area contributed by atoms with Crippen LogP contribution in [-0.4, -0.2) is 57.2 Å². The molecule has 2 aromatic heterocycles. The number of hydrogen-bond acceptors (Lipinski definition) is 7. The molecule has 212 valence electrons. The van der Waals surface area contributed by atoms with Gasteiger partial charge >= 0.3 is 6.18 Å². The second kappa shape index (κ2) is 11.2. The average molecular weight is 563 g/mol. The fourth-order valence-corrected chi connectivity index (χ4v) is 4.80. The number of amides is 1. The number of carbonyl (C=O) groups excluding carboxylic acids is 1. The van der Waals surface area contributed by atoms with Crippen molar-refractivity contribution in [3.63, 3.8) is 0 Å². The molecule has 0 spiro atoms. The second-order valence-corrected chi connectivity index (χ2v) is 10.3. The van der Waals surface area contributed by atoms with E-state index in [9.17, 15) is 18.0 Å². The number of halogens is 3. The first kappa shape index (κ1) is 26.8. The Hall–Kier alpha value is -4.45. The fourth-order valence-electron chi connectivity index (χ4n) is 4.80. The average Bonchev–Trinajstić information content (AvgIpc) is 3.73. The topological polar surface area (TPSA) is 102 Å². The van der Waals surface area contributed by atoms with E-state index in [2.05, 4.69) is 40.6 Å². The zero-order valence-corrected chi connectivity index (χ0v) is 22.2. The number of rotatable bonds is 8. The first-order chi connectivity index (χ1) is 19.8. The smallest absolute Gasteiger partial charge is 0.338 e. The third-order valence-electron chi connectivity index (χ3n) is 7.24. The second-order valence-electron chi connectivity index (χ2n) is 10.3. The Labute approximate surface area is 234 Å². The lowest BCUT2D eigenvalue weighted by molar-refractivity contribution is -0.137. The Bertz CT molecular complexity index is 1510. The van der Waals surface area contributed by atoms with Gasteiger partial charge in [-0.15, -0.1) is 0 Å². The molecule has 0 atom stereocenters. The van der Waals surface area contributed by atoms with Crippen molar-refractivity contribution in [3.05, 3.63) is 89.2 Å². The minimum absolute atomic E-state index is 0.0454. The van der Waals surface area contributed by atoms with Crippen LogP contribution in [0.2, 0.25) is 0 Å². The quantitative estimate of drug-likeness (QED) is 0.264. The molecule has 6 rings (SSSR count). The zero-order chi connectivity index (χ0) is 28.4. The van der Waals surface area contributed by atoms with Crippen LogP contribution in [0.1, 0.15) is 45.9 Å². The SMILES string of the molecule is O=C(Nc1ccc(CN2CCN(c3nccc(Nc4cc(C5CC5)[nH]n4)n3)CC2)cc1)c1cccc(C(F)(F)F)c1. The Kier molecular flexibility index (Phi) is 7.31. The van der Waals surface area contributed by atoms with Gasteiger partial charge in [0.1, 0.15) is 5.82 Å². The van der Waals surface area contributed by atoms with Crippen molar-refractivity contribution in [2.45, 2.75) is 31.5 Å². The van der Waals surface area contributed by atoms with Crippen molar-refractivity contribution < 1.29 is 18.0 Å². The summed E-state index contributed by atoms with van der Waals surface area (Å²) in [6.07, 6.45) is -0.334. The van der Waals surface area contributed by atoms with Crippen LogP contribution in [0.5, 0.6) is 0 Å². The molecule has 2 aromatic carbocycles.